The van der Waals surface area contributed by atoms with Gasteiger partial charge in [-0.15, -0.1) is 0 Å². The highest BCUT2D eigenvalue weighted by molar-refractivity contribution is 5.49. The molecule has 0 radical (unpaired) electrons. The van der Waals surface area contributed by atoms with Crippen LogP contribution in [0, 0.1) is 5.92 Å². The summed E-state index contributed by atoms with van der Waals surface area (Å²) in [5.41, 5.74) is 2.61. The van der Waals surface area contributed by atoms with E-state index in [-0.39, 0.29) is 0 Å². The van der Waals surface area contributed by atoms with E-state index in [2.05, 4.69) is 34.1 Å². The maximum atomic E-state index is 5.44. The van der Waals surface area contributed by atoms with Crippen molar-refractivity contribution in [3.63, 3.8) is 0 Å². The van der Waals surface area contributed by atoms with Crippen LogP contribution in [0.2, 0.25) is 0 Å². The summed E-state index contributed by atoms with van der Waals surface area (Å²) >= 11 is 0. The minimum Gasteiger partial charge on any atom is -0.356 e. The van der Waals surface area contributed by atoms with E-state index in [1.54, 1.807) is 0 Å². The van der Waals surface area contributed by atoms with E-state index in [0.29, 0.717) is 5.82 Å². The lowest BCUT2D eigenvalue weighted by Gasteiger charge is -2.22. The highest BCUT2D eigenvalue weighted by Crippen LogP contribution is 2.31. The molecule has 0 spiro atoms. The summed E-state index contributed by atoms with van der Waals surface area (Å²) in [4.78, 5) is 11.2. The Morgan fingerprint density at radius 3 is 2.71 bits per heavy atom. The van der Waals surface area contributed by atoms with Gasteiger partial charge in [0, 0.05) is 25.6 Å². The van der Waals surface area contributed by atoms with E-state index < -0.39 is 0 Å². The Hall–Kier alpha value is -1.36. The Labute approximate surface area is 102 Å². The summed E-state index contributed by atoms with van der Waals surface area (Å²) in [6.45, 7) is 6.28. The first-order valence-corrected chi connectivity index (χ1v) is 6.36. The number of nitrogens with two attached hydrogens (primary N) is 1. The third kappa shape index (κ3) is 3.06. The van der Waals surface area contributed by atoms with Crippen LogP contribution in [0.5, 0.6) is 0 Å². The standard InChI is InChI=1S/C12H21N5/c1-3-10-14-11(16-13)7-12(15-10)17(4-2)8-9-5-6-9/h7,9H,3-6,8,13H2,1-2H3,(H,14,15,16). The average Bonchev–Trinajstić information content (AvgIpc) is 3.19. The zero-order chi connectivity index (χ0) is 12.3. The minimum absolute atomic E-state index is 0.695. The number of aromatic nitrogens is 2. The topological polar surface area (TPSA) is 67.1 Å². The SMILES string of the molecule is CCc1nc(NN)cc(N(CC)CC2CC2)n1. The quantitative estimate of drug-likeness (QED) is 0.578. The van der Waals surface area contributed by atoms with Gasteiger partial charge in [-0.3, -0.25) is 0 Å². The van der Waals surface area contributed by atoms with Gasteiger partial charge in [0.25, 0.3) is 0 Å². The fraction of sp³-hybridized carbons (Fsp3) is 0.667. The third-order valence-electron chi connectivity index (χ3n) is 3.10. The van der Waals surface area contributed by atoms with Crippen molar-refractivity contribution < 1.29 is 0 Å². The first-order valence-electron chi connectivity index (χ1n) is 6.36. The molecule has 1 saturated carbocycles. The maximum Gasteiger partial charge on any atom is 0.145 e. The zero-order valence-electron chi connectivity index (χ0n) is 10.6. The predicted octanol–water partition coefficient (Wildman–Crippen LogP) is 1.56. The monoisotopic (exact) mass is 235 g/mol. The van der Waals surface area contributed by atoms with Gasteiger partial charge in [-0.05, 0) is 25.7 Å². The number of aryl methyl sites for hydroxylation is 1. The van der Waals surface area contributed by atoms with Gasteiger partial charge in [-0.25, -0.2) is 15.8 Å². The van der Waals surface area contributed by atoms with Crippen LogP contribution < -0.4 is 16.2 Å². The van der Waals surface area contributed by atoms with Crippen LogP contribution in [0.25, 0.3) is 0 Å². The van der Waals surface area contributed by atoms with E-state index in [1.165, 1.54) is 12.8 Å². The molecular weight excluding hydrogens is 214 g/mol. The molecule has 1 aliphatic rings. The van der Waals surface area contributed by atoms with E-state index >= 15 is 0 Å². The molecular formula is C12H21N5. The lowest BCUT2D eigenvalue weighted by molar-refractivity contribution is 0.726. The van der Waals surface area contributed by atoms with Crippen LogP contribution in [-0.2, 0) is 6.42 Å². The molecule has 94 valence electrons. The summed E-state index contributed by atoms with van der Waals surface area (Å²) in [5, 5.41) is 0. The molecule has 1 aromatic rings. The minimum atomic E-state index is 0.695. The smallest absolute Gasteiger partial charge is 0.145 e. The van der Waals surface area contributed by atoms with Gasteiger partial charge >= 0.3 is 0 Å². The summed E-state index contributed by atoms with van der Waals surface area (Å²) in [6.07, 6.45) is 3.53. The molecule has 1 fully saturated rings. The molecule has 0 saturated heterocycles. The lowest BCUT2D eigenvalue weighted by atomic mass is 10.3. The summed E-state index contributed by atoms with van der Waals surface area (Å²) in [7, 11) is 0. The highest BCUT2D eigenvalue weighted by Gasteiger charge is 2.24. The predicted molar refractivity (Wildman–Crippen MR) is 69.8 cm³/mol. The molecule has 3 N–H and O–H groups in total. The van der Waals surface area contributed by atoms with Gasteiger partial charge in [-0.1, -0.05) is 6.92 Å². The average molecular weight is 235 g/mol. The summed E-state index contributed by atoms with van der Waals surface area (Å²) in [5.74, 6) is 8.81. The summed E-state index contributed by atoms with van der Waals surface area (Å²) < 4.78 is 0. The van der Waals surface area contributed by atoms with Crippen molar-refractivity contribution in [3.05, 3.63) is 11.9 Å². The van der Waals surface area contributed by atoms with E-state index in [0.717, 1.165) is 37.1 Å². The van der Waals surface area contributed by atoms with Crippen molar-refractivity contribution in [2.75, 3.05) is 23.4 Å². The fourth-order valence-electron chi connectivity index (χ4n) is 1.87. The van der Waals surface area contributed by atoms with Crippen LogP contribution in [-0.4, -0.2) is 23.1 Å². The third-order valence-corrected chi connectivity index (χ3v) is 3.10. The number of nitrogens with zero attached hydrogens (tertiary/aromatic N) is 3. The molecule has 0 atom stereocenters. The molecule has 0 bridgehead atoms. The molecule has 17 heavy (non-hydrogen) atoms. The normalized spacial score (nSPS) is 14.8. The van der Waals surface area contributed by atoms with Crippen LogP contribution in [0.4, 0.5) is 11.6 Å². The van der Waals surface area contributed by atoms with E-state index in [1.807, 2.05) is 6.07 Å². The number of anilines is 2. The molecule has 0 amide bonds. The van der Waals surface area contributed by atoms with Crippen molar-refractivity contribution in [3.8, 4) is 0 Å². The van der Waals surface area contributed by atoms with Crippen molar-refractivity contribution in [2.24, 2.45) is 11.8 Å². The van der Waals surface area contributed by atoms with Crippen LogP contribution in [0.3, 0.4) is 0 Å². The first-order chi connectivity index (χ1) is 8.26. The number of nitrogen functional groups attached to an aromatic ring is 1. The Balaban J connectivity index is 2.20. The fourth-order valence-corrected chi connectivity index (χ4v) is 1.87. The van der Waals surface area contributed by atoms with Gasteiger partial charge in [0.05, 0.1) is 0 Å². The summed E-state index contributed by atoms with van der Waals surface area (Å²) in [6, 6.07) is 1.92. The molecule has 5 nitrogen and oxygen atoms in total. The second kappa shape index (κ2) is 5.31. The number of nitrogens with one attached hydrogen (secondary N) is 1. The molecule has 5 heteroatoms. The number of hydrogen-bond acceptors (Lipinski definition) is 5. The van der Waals surface area contributed by atoms with E-state index in [9.17, 15) is 0 Å². The van der Waals surface area contributed by atoms with Gasteiger partial charge in [-0.2, -0.15) is 0 Å². The molecule has 1 aliphatic carbocycles. The van der Waals surface area contributed by atoms with Gasteiger partial charge in [0.15, 0.2) is 0 Å². The van der Waals surface area contributed by atoms with Crippen molar-refractivity contribution in [1.82, 2.24) is 9.97 Å². The van der Waals surface area contributed by atoms with E-state index in [4.69, 9.17) is 5.84 Å². The van der Waals surface area contributed by atoms with Crippen LogP contribution in [0.1, 0.15) is 32.5 Å². The lowest BCUT2D eigenvalue weighted by Crippen LogP contribution is -2.27. The second-order valence-corrected chi connectivity index (χ2v) is 4.51. The zero-order valence-corrected chi connectivity index (χ0v) is 10.6. The van der Waals surface area contributed by atoms with Crippen molar-refractivity contribution in [1.29, 1.82) is 0 Å². The second-order valence-electron chi connectivity index (χ2n) is 4.51. The van der Waals surface area contributed by atoms with Gasteiger partial charge in [0.2, 0.25) is 0 Å². The van der Waals surface area contributed by atoms with Crippen molar-refractivity contribution >= 4 is 11.6 Å². The first kappa shape index (κ1) is 12.1. The van der Waals surface area contributed by atoms with Crippen LogP contribution in [0.15, 0.2) is 6.07 Å². The maximum absolute atomic E-state index is 5.44. The van der Waals surface area contributed by atoms with Crippen LogP contribution >= 0.6 is 0 Å². The Morgan fingerprint density at radius 2 is 2.18 bits per heavy atom. The molecule has 1 aromatic heterocycles. The van der Waals surface area contributed by atoms with Gasteiger partial charge < -0.3 is 10.3 Å². The largest absolute Gasteiger partial charge is 0.356 e. The number of hydrazine groups is 1. The molecule has 0 aliphatic heterocycles. The molecule has 0 unspecified atom stereocenters. The molecule has 1 heterocycles. The molecule has 2 rings (SSSR count). The highest BCUT2D eigenvalue weighted by atomic mass is 15.3. The Morgan fingerprint density at radius 1 is 1.41 bits per heavy atom. The Kier molecular flexibility index (Phi) is 3.78. The number of hydrogen-bond donors (Lipinski definition) is 2. The van der Waals surface area contributed by atoms with Gasteiger partial charge in [0.1, 0.15) is 17.5 Å². The number of rotatable bonds is 6. The molecule has 0 aromatic carbocycles. The van der Waals surface area contributed by atoms with Crippen molar-refractivity contribution in [2.45, 2.75) is 33.1 Å². The Bertz CT molecular complexity index is 353.